The molecule has 1 amide bonds. The van der Waals surface area contributed by atoms with Crippen molar-refractivity contribution in [2.45, 2.75) is 26.8 Å². The quantitative estimate of drug-likeness (QED) is 0.311. The van der Waals surface area contributed by atoms with Gasteiger partial charge in [-0.3, -0.25) is 14.5 Å². The van der Waals surface area contributed by atoms with E-state index in [9.17, 15) is 14.7 Å². The third-order valence-corrected chi connectivity index (χ3v) is 5.32. The van der Waals surface area contributed by atoms with Crippen molar-refractivity contribution in [3.63, 3.8) is 0 Å². The number of hydrogen-bond acceptors (Lipinski definition) is 6. The maximum atomic E-state index is 13.2. The first-order valence-corrected chi connectivity index (χ1v) is 10.8. The Labute approximate surface area is 191 Å². The van der Waals surface area contributed by atoms with Crippen LogP contribution >= 0.6 is 0 Å². The average molecular weight is 447 g/mol. The number of furan rings is 1. The Morgan fingerprint density at radius 2 is 1.67 bits per heavy atom. The van der Waals surface area contributed by atoms with Gasteiger partial charge in [0.05, 0.1) is 18.8 Å². The van der Waals surface area contributed by atoms with Crippen molar-refractivity contribution in [3.05, 3.63) is 83.3 Å². The number of ketones is 1. The Morgan fingerprint density at radius 3 is 2.30 bits per heavy atom. The first kappa shape index (κ1) is 22.2. The predicted octanol–water partition coefficient (Wildman–Crippen LogP) is 5.01. The second kappa shape index (κ2) is 9.24. The SMILES string of the molecule is CCOc1ccc(N2C(=O)C(=O)/C(=C(\O)c3cccc(OCC)c3)C2c2ccc(C)o2)cc1. The molecule has 0 radical (unpaired) electrons. The number of aliphatic hydroxyl groups is 1. The number of aliphatic hydroxyl groups excluding tert-OH is 1. The van der Waals surface area contributed by atoms with Crippen LogP contribution in [0, 0.1) is 6.92 Å². The molecule has 0 saturated carbocycles. The van der Waals surface area contributed by atoms with Gasteiger partial charge in [0, 0.05) is 11.3 Å². The molecule has 1 saturated heterocycles. The number of rotatable bonds is 7. The molecule has 7 nitrogen and oxygen atoms in total. The van der Waals surface area contributed by atoms with Crippen LogP contribution < -0.4 is 14.4 Å². The van der Waals surface area contributed by atoms with Gasteiger partial charge >= 0.3 is 0 Å². The molecule has 0 bridgehead atoms. The molecule has 0 spiro atoms. The molecular weight excluding hydrogens is 422 g/mol. The second-order valence-electron chi connectivity index (χ2n) is 7.51. The summed E-state index contributed by atoms with van der Waals surface area (Å²) in [5, 5.41) is 11.2. The maximum Gasteiger partial charge on any atom is 0.300 e. The molecule has 3 aromatic rings. The lowest BCUT2D eigenvalue weighted by atomic mass is 9.99. The Kier molecular flexibility index (Phi) is 6.22. The monoisotopic (exact) mass is 447 g/mol. The zero-order valence-electron chi connectivity index (χ0n) is 18.7. The number of carbonyl (C=O) groups is 2. The molecule has 2 heterocycles. The number of Topliss-reactive ketones (excluding diaryl/α,β-unsaturated/α-hetero) is 1. The molecule has 2 aromatic carbocycles. The molecule has 1 unspecified atom stereocenters. The van der Waals surface area contributed by atoms with Crippen LogP contribution in [0.2, 0.25) is 0 Å². The number of amides is 1. The summed E-state index contributed by atoms with van der Waals surface area (Å²) in [6.45, 7) is 6.48. The summed E-state index contributed by atoms with van der Waals surface area (Å²) in [7, 11) is 0. The number of nitrogens with zero attached hydrogens (tertiary/aromatic N) is 1. The fourth-order valence-electron chi connectivity index (χ4n) is 3.89. The Balaban J connectivity index is 1.85. The van der Waals surface area contributed by atoms with Crippen LogP contribution in [0.15, 0.2) is 70.7 Å². The molecule has 7 heteroatoms. The van der Waals surface area contributed by atoms with Crippen molar-refractivity contribution in [1.82, 2.24) is 0 Å². The highest BCUT2D eigenvalue weighted by molar-refractivity contribution is 6.51. The lowest BCUT2D eigenvalue weighted by Gasteiger charge is -2.23. The number of carbonyl (C=O) groups excluding carboxylic acids is 2. The van der Waals surface area contributed by atoms with Gasteiger partial charge in [-0.25, -0.2) is 0 Å². The first-order valence-electron chi connectivity index (χ1n) is 10.8. The Bertz CT molecular complexity index is 1210. The van der Waals surface area contributed by atoms with Crippen LogP contribution in [0.4, 0.5) is 5.69 Å². The Morgan fingerprint density at radius 1 is 0.970 bits per heavy atom. The number of benzene rings is 2. The van der Waals surface area contributed by atoms with Crippen molar-refractivity contribution in [2.24, 2.45) is 0 Å². The second-order valence-corrected chi connectivity index (χ2v) is 7.51. The summed E-state index contributed by atoms with van der Waals surface area (Å²) in [6.07, 6.45) is 0. The number of aryl methyl sites for hydroxylation is 1. The molecule has 4 rings (SSSR count). The fourth-order valence-corrected chi connectivity index (χ4v) is 3.89. The van der Waals surface area contributed by atoms with Gasteiger partial charge in [0.1, 0.15) is 34.8 Å². The largest absolute Gasteiger partial charge is 0.507 e. The van der Waals surface area contributed by atoms with E-state index >= 15 is 0 Å². The lowest BCUT2D eigenvalue weighted by Crippen LogP contribution is -2.29. The lowest BCUT2D eigenvalue weighted by molar-refractivity contribution is -0.132. The van der Waals surface area contributed by atoms with E-state index in [0.29, 0.717) is 47.5 Å². The van der Waals surface area contributed by atoms with E-state index in [0.717, 1.165) is 0 Å². The van der Waals surface area contributed by atoms with Gasteiger partial charge < -0.3 is 19.0 Å². The van der Waals surface area contributed by atoms with Crippen LogP contribution in [0.5, 0.6) is 11.5 Å². The van der Waals surface area contributed by atoms with E-state index in [1.165, 1.54) is 4.90 Å². The molecule has 1 aromatic heterocycles. The van der Waals surface area contributed by atoms with E-state index in [1.54, 1.807) is 67.6 Å². The predicted molar refractivity (Wildman–Crippen MR) is 123 cm³/mol. The van der Waals surface area contributed by atoms with Gasteiger partial charge in [-0.05, 0) is 69.3 Å². The molecule has 1 aliphatic rings. The van der Waals surface area contributed by atoms with Crippen molar-refractivity contribution < 1.29 is 28.6 Å². The molecule has 1 aliphatic heterocycles. The van der Waals surface area contributed by atoms with Gasteiger partial charge in [-0.15, -0.1) is 0 Å². The Hall–Kier alpha value is -4.00. The summed E-state index contributed by atoms with van der Waals surface area (Å²) >= 11 is 0. The highest BCUT2D eigenvalue weighted by atomic mass is 16.5. The number of anilines is 1. The molecule has 1 fully saturated rings. The third kappa shape index (κ3) is 4.22. The molecule has 33 heavy (non-hydrogen) atoms. The van der Waals surface area contributed by atoms with E-state index in [2.05, 4.69) is 0 Å². The minimum atomic E-state index is -0.924. The van der Waals surface area contributed by atoms with Gasteiger partial charge in [0.15, 0.2) is 0 Å². The first-order chi connectivity index (χ1) is 15.9. The summed E-state index contributed by atoms with van der Waals surface area (Å²) in [6, 6.07) is 16.2. The molecule has 1 atom stereocenters. The van der Waals surface area contributed by atoms with Crippen LogP contribution in [-0.2, 0) is 9.59 Å². The van der Waals surface area contributed by atoms with Crippen molar-refractivity contribution >= 4 is 23.1 Å². The van der Waals surface area contributed by atoms with E-state index in [1.807, 2.05) is 13.8 Å². The minimum Gasteiger partial charge on any atom is -0.507 e. The van der Waals surface area contributed by atoms with E-state index in [-0.39, 0.29) is 11.3 Å². The highest BCUT2D eigenvalue weighted by Gasteiger charge is 2.48. The minimum absolute atomic E-state index is 0.0446. The van der Waals surface area contributed by atoms with Crippen LogP contribution in [0.25, 0.3) is 5.76 Å². The van der Waals surface area contributed by atoms with Crippen molar-refractivity contribution in [3.8, 4) is 11.5 Å². The van der Waals surface area contributed by atoms with Crippen molar-refractivity contribution in [2.75, 3.05) is 18.1 Å². The van der Waals surface area contributed by atoms with Gasteiger partial charge in [0.2, 0.25) is 0 Å². The normalized spacial score (nSPS) is 17.4. The summed E-state index contributed by atoms with van der Waals surface area (Å²) in [5.41, 5.74) is 0.817. The molecular formula is C26H25NO6. The zero-order chi connectivity index (χ0) is 23.5. The standard InChI is InChI=1S/C26H25NO6/c1-4-31-19-12-10-18(11-13-19)27-23(21-14-9-16(3)33-21)22(25(29)26(27)30)24(28)17-7-6-8-20(15-17)32-5-2/h6-15,23,28H,4-5H2,1-3H3/b24-22-. The zero-order valence-corrected chi connectivity index (χ0v) is 18.7. The van der Waals surface area contributed by atoms with Gasteiger partial charge in [0.25, 0.3) is 11.7 Å². The fraction of sp³-hybridized carbons (Fsp3) is 0.231. The topological polar surface area (TPSA) is 89.2 Å². The average Bonchev–Trinajstić information content (AvgIpc) is 3.35. The summed E-state index contributed by atoms with van der Waals surface area (Å²) in [5.74, 6) is 0.373. The third-order valence-electron chi connectivity index (χ3n) is 5.32. The summed E-state index contributed by atoms with van der Waals surface area (Å²) in [4.78, 5) is 27.7. The van der Waals surface area contributed by atoms with Crippen LogP contribution in [0.1, 0.15) is 37.0 Å². The number of ether oxygens (including phenoxy) is 2. The number of hydrogen-bond donors (Lipinski definition) is 1. The van der Waals surface area contributed by atoms with Crippen LogP contribution in [-0.4, -0.2) is 30.0 Å². The maximum absolute atomic E-state index is 13.2. The van der Waals surface area contributed by atoms with Crippen molar-refractivity contribution in [1.29, 1.82) is 0 Å². The van der Waals surface area contributed by atoms with E-state index in [4.69, 9.17) is 13.9 Å². The van der Waals surface area contributed by atoms with E-state index < -0.39 is 17.7 Å². The molecule has 0 aliphatic carbocycles. The van der Waals surface area contributed by atoms with Gasteiger partial charge in [-0.2, -0.15) is 0 Å². The molecule has 170 valence electrons. The highest BCUT2D eigenvalue weighted by Crippen LogP contribution is 2.43. The van der Waals surface area contributed by atoms with Crippen LogP contribution in [0.3, 0.4) is 0 Å². The van der Waals surface area contributed by atoms with Gasteiger partial charge in [-0.1, -0.05) is 12.1 Å². The summed E-state index contributed by atoms with van der Waals surface area (Å²) < 4.78 is 16.8. The molecule has 1 N–H and O–H groups in total. The smallest absolute Gasteiger partial charge is 0.300 e.